The van der Waals surface area contributed by atoms with Crippen LogP contribution in [0.1, 0.15) is 56.4 Å². The molecule has 2 N–H and O–H groups in total. The maximum absolute atomic E-state index is 10.2. The fourth-order valence-electron chi connectivity index (χ4n) is 3.57. The van der Waals surface area contributed by atoms with Gasteiger partial charge in [0, 0.05) is 16.6 Å². The third-order valence-electron chi connectivity index (χ3n) is 4.89. The van der Waals surface area contributed by atoms with Crippen molar-refractivity contribution in [3.05, 3.63) is 34.3 Å². The second-order valence-electron chi connectivity index (χ2n) is 6.40. The molecule has 0 heterocycles. The highest BCUT2D eigenvalue weighted by Gasteiger charge is 2.33. The molecule has 1 aromatic carbocycles. The summed E-state index contributed by atoms with van der Waals surface area (Å²) < 4.78 is 1.17. The van der Waals surface area contributed by atoms with Crippen molar-refractivity contribution in [2.45, 2.75) is 69.1 Å². The zero-order valence-electron chi connectivity index (χ0n) is 11.9. The standard InChI is InChI=1S/C17H24BrNO/c18-14-6-4-5-12(9-14)13-10-15(11-13)19-16-7-2-1-3-8-17(16)20/h4-6,9,13,15-17,19-20H,1-3,7-8,10-11H2. The van der Waals surface area contributed by atoms with Crippen LogP contribution in [0, 0.1) is 0 Å². The van der Waals surface area contributed by atoms with Gasteiger partial charge in [-0.05, 0) is 49.3 Å². The topological polar surface area (TPSA) is 32.3 Å². The Balaban J connectivity index is 1.50. The minimum atomic E-state index is -0.137. The number of rotatable bonds is 3. The Morgan fingerprint density at radius 3 is 2.70 bits per heavy atom. The normalized spacial score (nSPS) is 34.3. The van der Waals surface area contributed by atoms with E-state index in [1.807, 2.05) is 0 Å². The van der Waals surface area contributed by atoms with E-state index < -0.39 is 0 Å². The van der Waals surface area contributed by atoms with Crippen molar-refractivity contribution in [1.29, 1.82) is 0 Å². The summed E-state index contributed by atoms with van der Waals surface area (Å²) in [5, 5.41) is 13.9. The van der Waals surface area contributed by atoms with Crippen molar-refractivity contribution in [2.24, 2.45) is 0 Å². The van der Waals surface area contributed by atoms with Crippen LogP contribution in [0.3, 0.4) is 0 Å². The van der Waals surface area contributed by atoms with Crippen LogP contribution in [0.25, 0.3) is 0 Å². The van der Waals surface area contributed by atoms with Gasteiger partial charge in [-0.2, -0.15) is 0 Å². The summed E-state index contributed by atoms with van der Waals surface area (Å²) in [4.78, 5) is 0. The quantitative estimate of drug-likeness (QED) is 0.817. The first-order valence-corrected chi connectivity index (χ1v) is 8.71. The Morgan fingerprint density at radius 1 is 1.10 bits per heavy atom. The van der Waals surface area contributed by atoms with Crippen LogP contribution in [0.4, 0.5) is 0 Å². The number of aliphatic hydroxyl groups is 1. The lowest BCUT2D eigenvalue weighted by atomic mass is 9.75. The summed E-state index contributed by atoms with van der Waals surface area (Å²) in [6, 6.07) is 9.59. The molecular formula is C17H24BrNO. The van der Waals surface area contributed by atoms with Crippen LogP contribution < -0.4 is 5.32 Å². The molecule has 110 valence electrons. The van der Waals surface area contributed by atoms with Crippen LogP contribution in [-0.2, 0) is 0 Å². The van der Waals surface area contributed by atoms with Gasteiger partial charge in [-0.1, -0.05) is 47.3 Å². The van der Waals surface area contributed by atoms with Gasteiger partial charge in [0.2, 0.25) is 0 Å². The van der Waals surface area contributed by atoms with Crippen molar-refractivity contribution < 1.29 is 5.11 Å². The van der Waals surface area contributed by atoms with Crippen LogP contribution in [0.5, 0.6) is 0 Å². The van der Waals surface area contributed by atoms with Crippen LogP contribution in [0.2, 0.25) is 0 Å². The average molecular weight is 338 g/mol. The third-order valence-corrected chi connectivity index (χ3v) is 5.38. The zero-order chi connectivity index (χ0) is 13.9. The van der Waals surface area contributed by atoms with Crippen molar-refractivity contribution >= 4 is 15.9 Å². The largest absolute Gasteiger partial charge is 0.392 e. The predicted octanol–water partition coefficient (Wildman–Crippen LogP) is 3.98. The molecule has 0 aromatic heterocycles. The predicted molar refractivity (Wildman–Crippen MR) is 85.9 cm³/mol. The van der Waals surface area contributed by atoms with E-state index >= 15 is 0 Å². The van der Waals surface area contributed by atoms with E-state index in [1.54, 1.807) is 0 Å². The molecule has 20 heavy (non-hydrogen) atoms. The van der Waals surface area contributed by atoms with E-state index in [9.17, 15) is 5.11 Å². The number of benzene rings is 1. The maximum Gasteiger partial charge on any atom is 0.0693 e. The Bertz CT molecular complexity index is 444. The van der Waals surface area contributed by atoms with Gasteiger partial charge in [0.15, 0.2) is 0 Å². The first kappa shape index (κ1) is 14.6. The molecule has 2 atom stereocenters. The van der Waals surface area contributed by atoms with Crippen molar-refractivity contribution in [2.75, 3.05) is 0 Å². The molecule has 0 aliphatic heterocycles. The molecule has 0 bridgehead atoms. The molecule has 0 radical (unpaired) electrons. The molecule has 2 unspecified atom stereocenters. The first-order valence-electron chi connectivity index (χ1n) is 7.92. The number of nitrogens with one attached hydrogen (secondary N) is 1. The Morgan fingerprint density at radius 2 is 1.90 bits per heavy atom. The minimum absolute atomic E-state index is 0.137. The summed E-state index contributed by atoms with van der Waals surface area (Å²) in [6.45, 7) is 0. The molecule has 2 aliphatic carbocycles. The molecule has 3 heteroatoms. The molecule has 0 amide bonds. The molecule has 2 saturated carbocycles. The van der Waals surface area contributed by atoms with Gasteiger partial charge in [0.1, 0.15) is 0 Å². The van der Waals surface area contributed by atoms with Gasteiger partial charge >= 0.3 is 0 Å². The van der Waals surface area contributed by atoms with Gasteiger partial charge in [0.25, 0.3) is 0 Å². The smallest absolute Gasteiger partial charge is 0.0693 e. The molecule has 2 nitrogen and oxygen atoms in total. The Kier molecular flexibility index (Phi) is 4.79. The summed E-state index contributed by atoms with van der Waals surface area (Å²) in [5.74, 6) is 0.688. The molecule has 3 rings (SSSR count). The molecular weight excluding hydrogens is 314 g/mol. The molecule has 0 saturated heterocycles. The van der Waals surface area contributed by atoms with Crippen LogP contribution in [-0.4, -0.2) is 23.3 Å². The van der Waals surface area contributed by atoms with E-state index in [1.165, 1.54) is 42.1 Å². The summed E-state index contributed by atoms with van der Waals surface area (Å²) in [5.41, 5.74) is 1.44. The Labute approximate surface area is 130 Å². The van der Waals surface area contributed by atoms with Crippen LogP contribution in [0.15, 0.2) is 28.7 Å². The third kappa shape index (κ3) is 3.44. The first-order chi connectivity index (χ1) is 9.72. The minimum Gasteiger partial charge on any atom is -0.392 e. The Hall–Kier alpha value is -0.380. The second kappa shape index (κ2) is 6.59. The molecule has 2 aliphatic rings. The lowest BCUT2D eigenvalue weighted by molar-refractivity contribution is 0.102. The van der Waals surface area contributed by atoms with Crippen molar-refractivity contribution in [3.63, 3.8) is 0 Å². The number of aliphatic hydroxyl groups excluding tert-OH is 1. The summed E-state index contributed by atoms with van der Waals surface area (Å²) >= 11 is 3.55. The van der Waals surface area contributed by atoms with E-state index in [2.05, 4.69) is 45.5 Å². The van der Waals surface area contributed by atoms with Crippen LogP contribution >= 0.6 is 15.9 Å². The lowest BCUT2D eigenvalue weighted by Gasteiger charge is -2.39. The highest BCUT2D eigenvalue weighted by Crippen LogP contribution is 2.38. The summed E-state index contributed by atoms with van der Waals surface area (Å²) in [7, 11) is 0. The SMILES string of the molecule is OC1CCCCCC1NC1CC(c2cccc(Br)c2)C1. The second-order valence-corrected chi connectivity index (χ2v) is 7.31. The molecule has 0 spiro atoms. The van der Waals surface area contributed by atoms with Gasteiger partial charge in [-0.15, -0.1) is 0 Å². The number of halogens is 1. The van der Waals surface area contributed by atoms with Gasteiger partial charge in [-0.3, -0.25) is 0 Å². The summed E-state index contributed by atoms with van der Waals surface area (Å²) in [6.07, 6.45) is 8.11. The van der Waals surface area contributed by atoms with E-state index in [-0.39, 0.29) is 6.10 Å². The fourth-order valence-corrected chi connectivity index (χ4v) is 3.99. The fraction of sp³-hybridized carbons (Fsp3) is 0.647. The lowest BCUT2D eigenvalue weighted by Crippen LogP contribution is -2.49. The monoisotopic (exact) mass is 337 g/mol. The van der Waals surface area contributed by atoms with E-state index in [0.29, 0.717) is 18.0 Å². The average Bonchev–Trinajstić information content (AvgIpc) is 2.58. The van der Waals surface area contributed by atoms with Gasteiger partial charge in [-0.25, -0.2) is 0 Å². The number of hydrogen-bond acceptors (Lipinski definition) is 2. The van der Waals surface area contributed by atoms with E-state index in [0.717, 1.165) is 12.8 Å². The van der Waals surface area contributed by atoms with Gasteiger partial charge < -0.3 is 10.4 Å². The van der Waals surface area contributed by atoms with Gasteiger partial charge in [0.05, 0.1) is 6.10 Å². The highest BCUT2D eigenvalue weighted by atomic mass is 79.9. The highest BCUT2D eigenvalue weighted by molar-refractivity contribution is 9.10. The van der Waals surface area contributed by atoms with Crippen molar-refractivity contribution in [1.82, 2.24) is 5.32 Å². The molecule has 1 aromatic rings. The van der Waals surface area contributed by atoms with Crippen molar-refractivity contribution in [3.8, 4) is 0 Å². The number of hydrogen-bond donors (Lipinski definition) is 2. The zero-order valence-corrected chi connectivity index (χ0v) is 13.5. The van der Waals surface area contributed by atoms with E-state index in [4.69, 9.17) is 0 Å². The maximum atomic E-state index is 10.2. The molecule has 2 fully saturated rings.